The maximum Gasteiger partial charge on any atom is 0.247 e. The highest BCUT2D eigenvalue weighted by molar-refractivity contribution is 6.34. The zero-order valence-electron chi connectivity index (χ0n) is 10.4. The van der Waals surface area contributed by atoms with Crippen LogP contribution in [0.5, 0.6) is 0 Å². The first kappa shape index (κ1) is 12.9. The molecule has 4 nitrogen and oxygen atoms in total. The number of carbonyl (C=O) groups is 2. The molecule has 96 valence electrons. The van der Waals surface area contributed by atoms with Crippen molar-refractivity contribution in [3.8, 4) is 0 Å². The predicted octanol–water partition coefficient (Wildman–Crippen LogP) is 1.89. The van der Waals surface area contributed by atoms with Gasteiger partial charge in [-0.05, 0) is 25.0 Å². The molecule has 0 radical (unpaired) electrons. The van der Waals surface area contributed by atoms with Crippen molar-refractivity contribution in [2.24, 2.45) is 0 Å². The molecule has 1 aromatic rings. The van der Waals surface area contributed by atoms with Gasteiger partial charge < -0.3 is 5.32 Å². The summed E-state index contributed by atoms with van der Waals surface area (Å²) < 4.78 is 0. The fourth-order valence-corrected chi connectivity index (χ4v) is 2.55. The van der Waals surface area contributed by atoms with E-state index < -0.39 is 6.04 Å². The number of nitrogens with one attached hydrogen (secondary N) is 1. The number of benzene rings is 1. The summed E-state index contributed by atoms with van der Waals surface area (Å²) in [4.78, 5) is 25.4. The maximum atomic E-state index is 12.1. The largest absolute Gasteiger partial charge is 0.345 e. The molecule has 1 saturated heterocycles. The first-order chi connectivity index (χ1) is 8.56. The molecule has 0 spiro atoms. The molecule has 1 N–H and O–H groups in total. The highest BCUT2D eigenvalue weighted by atomic mass is 35.5. The van der Waals surface area contributed by atoms with Crippen LogP contribution in [0.15, 0.2) is 18.2 Å². The van der Waals surface area contributed by atoms with Gasteiger partial charge in [0.1, 0.15) is 6.04 Å². The number of hydrogen-bond donors (Lipinski definition) is 1. The van der Waals surface area contributed by atoms with Crippen molar-refractivity contribution in [2.75, 3.05) is 11.4 Å². The molecule has 0 aromatic heterocycles. The molecular weight excluding hydrogens is 252 g/mol. The molecular formula is C13H15ClN2O2. The van der Waals surface area contributed by atoms with Crippen LogP contribution in [0.2, 0.25) is 5.02 Å². The van der Waals surface area contributed by atoms with E-state index in [1.165, 1.54) is 4.90 Å². The Morgan fingerprint density at radius 1 is 1.44 bits per heavy atom. The van der Waals surface area contributed by atoms with Gasteiger partial charge in [0, 0.05) is 0 Å². The highest BCUT2D eigenvalue weighted by Crippen LogP contribution is 2.32. The van der Waals surface area contributed by atoms with E-state index in [9.17, 15) is 9.59 Å². The van der Waals surface area contributed by atoms with Gasteiger partial charge in [-0.25, -0.2) is 0 Å². The van der Waals surface area contributed by atoms with Crippen molar-refractivity contribution in [1.29, 1.82) is 0 Å². The van der Waals surface area contributed by atoms with Crippen LogP contribution < -0.4 is 10.2 Å². The first-order valence-electron chi connectivity index (χ1n) is 5.91. The van der Waals surface area contributed by atoms with E-state index in [1.807, 2.05) is 26.0 Å². The lowest BCUT2D eigenvalue weighted by atomic mass is 10.1. The third kappa shape index (κ3) is 2.08. The minimum atomic E-state index is -0.482. The lowest BCUT2D eigenvalue weighted by Gasteiger charge is -2.35. The zero-order chi connectivity index (χ0) is 13.3. The van der Waals surface area contributed by atoms with Gasteiger partial charge in [-0.15, -0.1) is 0 Å². The Labute approximate surface area is 111 Å². The zero-order valence-corrected chi connectivity index (χ0v) is 11.1. The molecule has 2 amide bonds. The van der Waals surface area contributed by atoms with Gasteiger partial charge in [0.25, 0.3) is 0 Å². The third-order valence-corrected chi connectivity index (χ3v) is 3.42. The lowest BCUT2D eigenvalue weighted by Crippen LogP contribution is -2.58. The topological polar surface area (TPSA) is 49.4 Å². The highest BCUT2D eigenvalue weighted by Gasteiger charge is 2.35. The summed E-state index contributed by atoms with van der Waals surface area (Å²) in [5.74, 6) is -0.255. The van der Waals surface area contributed by atoms with Gasteiger partial charge in [-0.3, -0.25) is 14.5 Å². The van der Waals surface area contributed by atoms with Crippen LogP contribution >= 0.6 is 11.6 Å². The average Bonchev–Trinajstić information content (AvgIpc) is 2.33. The van der Waals surface area contributed by atoms with Crippen LogP contribution in [-0.2, 0) is 9.59 Å². The van der Waals surface area contributed by atoms with E-state index in [0.29, 0.717) is 17.1 Å². The number of aryl methyl sites for hydroxylation is 1. The number of para-hydroxylation sites is 1. The molecule has 18 heavy (non-hydrogen) atoms. The number of carbonyl (C=O) groups excluding carboxylic acids is 2. The Morgan fingerprint density at radius 2 is 2.17 bits per heavy atom. The number of amides is 2. The number of rotatable bonds is 2. The van der Waals surface area contributed by atoms with Gasteiger partial charge in [-0.2, -0.15) is 0 Å². The number of anilines is 1. The number of piperazine rings is 1. The summed E-state index contributed by atoms with van der Waals surface area (Å²) >= 11 is 6.17. The minimum Gasteiger partial charge on any atom is -0.345 e. The van der Waals surface area contributed by atoms with Crippen LogP contribution in [-0.4, -0.2) is 24.4 Å². The molecule has 1 atom stereocenters. The quantitative estimate of drug-likeness (QED) is 0.889. The number of halogens is 1. The first-order valence-corrected chi connectivity index (χ1v) is 6.29. The van der Waals surface area contributed by atoms with Crippen molar-refractivity contribution in [3.05, 3.63) is 28.8 Å². The Morgan fingerprint density at radius 3 is 2.78 bits per heavy atom. The van der Waals surface area contributed by atoms with Gasteiger partial charge in [0.2, 0.25) is 11.8 Å². The van der Waals surface area contributed by atoms with Crippen LogP contribution in [0.3, 0.4) is 0 Å². The smallest absolute Gasteiger partial charge is 0.247 e. The fraction of sp³-hybridized carbons (Fsp3) is 0.385. The van der Waals surface area contributed by atoms with Crippen LogP contribution in [0.4, 0.5) is 5.69 Å². The fourth-order valence-electron chi connectivity index (χ4n) is 2.23. The van der Waals surface area contributed by atoms with E-state index >= 15 is 0 Å². The average molecular weight is 267 g/mol. The second-order valence-electron chi connectivity index (χ2n) is 4.31. The van der Waals surface area contributed by atoms with E-state index in [1.54, 1.807) is 6.07 Å². The standard InChI is InChI=1S/C13H15ClN2O2/c1-3-10-13(18)15-7-11(17)16(10)12-8(2)5-4-6-9(12)14/h4-6,10H,3,7H2,1-2H3,(H,15,18). The van der Waals surface area contributed by atoms with Gasteiger partial charge in [0.15, 0.2) is 0 Å². The number of hydrogen-bond acceptors (Lipinski definition) is 2. The summed E-state index contributed by atoms with van der Waals surface area (Å²) in [7, 11) is 0. The van der Waals surface area contributed by atoms with Crippen molar-refractivity contribution in [1.82, 2.24) is 5.32 Å². The lowest BCUT2D eigenvalue weighted by molar-refractivity contribution is -0.131. The van der Waals surface area contributed by atoms with Crippen molar-refractivity contribution < 1.29 is 9.59 Å². The molecule has 0 bridgehead atoms. The van der Waals surface area contributed by atoms with Gasteiger partial charge in [0.05, 0.1) is 17.3 Å². The molecule has 1 aromatic carbocycles. The SMILES string of the molecule is CCC1C(=O)NCC(=O)N1c1c(C)cccc1Cl. The van der Waals surface area contributed by atoms with Gasteiger partial charge in [-0.1, -0.05) is 30.7 Å². The minimum absolute atomic E-state index is 0.0278. The Hall–Kier alpha value is -1.55. The maximum absolute atomic E-state index is 12.1. The third-order valence-electron chi connectivity index (χ3n) is 3.11. The summed E-state index contributed by atoms with van der Waals surface area (Å²) in [5.41, 5.74) is 1.54. The van der Waals surface area contributed by atoms with E-state index in [-0.39, 0.29) is 18.4 Å². The summed E-state index contributed by atoms with van der Waals surface area (Å²) in [5, 5.41) is 3.09. The second kappa shape index (κ2) is 4.98. The van der Waals surface area contributed by atoms with Crippen molar-refractivity contribution in [2.45, 2.75) is 26.3 Å². The molecule has 1 heterocycles. The van der Waals surface area contributed by atoms with Crippen LogP contribution in [0.25, 0.3) is 0 Å². The molecule has 1 unspecified atom stereocenters. The van der Waals surface area contributed by atoms with Crippen molar-refractivity contribution >= 4 is 29.1 Å². The van der Waals surface area contributed by atoms with Crippen molar-refractivity contribution in [3.63, 3.8) is 0 Å². The van der Waals surface area contributed by atoms with Gasteiger partial charge >= 0.3 is 0 Å². The molecule has 1 aliphatic heterocycles. The van der Waals surface area contributed by atoms with E-state index in [4.69, 9.17) is 11.6 Å². The summed E-state index contributed by atoms with van der Waals surface area (Å²) in [6.45, 7) is 3.79. The Kier molecular flexibility index (Phi) is 3.57. The summed E-state index contributed by atoms with van der Waals surface area (Å²) in [6.07, 6.45) is 0.558. The monoisotopic (exact) mass is 266 g/mol. The van der Waals surface area contributed by atoms with Crippen LogP contribution in [0, 0.1) is 6.92 Å². The summed E-state index contributed by atoms with van der Waals surface area (Å²) in [6, 6.07) is 4.96. The van der Waals surface area contributed by atoms with E-state index in [0.717, 1.165) is 5.56 Å². The molecule has 1 fully saturated rings. The Balaban J connectivity index is 2.51. The Bertz CT molecular complexity index is 482. The molecule has 2 rings (SSSR count). The molecule has 0 saturated carbocycles. The molecule has 0 aliphatic carbocycles. The molecule has 1 aliphatic rings. The molecule has 5 heteroatoms. The second-order valence-corrected chi connectivity index (χ2v) is 4.72. The predicted molar refractivity (Wildman–Crippen MR) is 70.8 cm³/mol. The normalized spacial score (nSPS) is 19.9. The van der Waals surface area contributed by atoms with E-state index in [2.05, 4.69) is 5.32 Å². The van der Waals surface area contributed by atoms with Crippen LogP contribution in [0.1, 0.15) is 18.9 Å². The number of nitrogens with zero attached hydrogens (tertiary/aromatic N) is 1.